The van der Waals surface area contributed by atoms with Gasteiger partial charge in [-0.15, -0.1) is 0 Å². The van der Waals surface area contributed by atoms with Crippen LogP contribution in [0.25, 0.3) is 0 Å². The molecular weight excluding hydrogens is 204 g/mol. The zero-order valence-electron chi connectivity index (χ0n) is 8.05. The van der Waals surface area contributed by atoms with Crippen molar-refractivity contribution in [1.82, 2.24) is 0 Å². The van der Waals surface area contributed by atoms with Crippen molar-refractivity contribution in [2.75, 3.05) is 0 Å². The van der Waals surface area contributed by atoms with Crippen molar-refractivity contribution < 1.29 is 19.3 Å². The number of nitrogens with zero attached hydrogens (tertiary/aromatic N) is 3. The van der Waals surface area contributed by atoms with E-state index in [1.807, 2.05) is 0 Å². The van der Waals surface area contributed by atoms with Gasteiger partial charge in [0.15, 0.2) is 0 Å². The predicted molar refractivity (Wildman–Crippen MR) is 48.2 cm³/mol. The second-order valence-electron chi connectivity index (χ2n) is 2.19. The van der Waals surface area contributed by atoms with Gasteiger partial charge in [0.1, 0.15) is 6.07 Å². The standard InChI is InChI=1S/C7H8N4O4/c1-4(12)14-10-6(3-8)7(9)11-15-5(2)13/h1-2H3,(H2,9,11). The Hall–Kier alpha value is -2.43. The number of hydrogen-bond acceptors (Lipinski definition) is 7. The minimum absolute atomic E-state index is 0.464. The maximum absolute atomic E-state index is 10.3. The molecule has 0 aromatic heterocycles. The summed E-state index contributed by atoms with van der Waals surface area (Å²) in [6, 6.07) is 1.51. The molecule has 0 saturated carbocycles. The van der Waals surface area contributed by atoms with Gasteiger partial charge in [0.2, 0.25) is 11.5 Å². The molecule has 0 rings (SSSR count). The highest BCUT2D eigenvalue weighted by Crippen LogP contribution is 1.85. The van der Waals surface area contributed by atoms with Crippen LogP contribution in [0.15, 0.2) is 10.3 Å². The van der Waals surface area contributed by atoms with Crippen LogP contribution in [0.3, 0.4) is 0 Å². The SMILES string of the molecule is CC(=O)ON=C(N)C(C#N)=NOC(C)=O. The summed E-state index contributed by atoms with van der Waals surface area (Å²) >= 11 is 0. The van der Waals surface area contributed by atoms with Crippen LogP contribution in [0.4, 0.5) is 0 Å². The first-order valence-corrected chi connectivity index (χ1v) is 3.64. The molecule has 80 valence electrons. The van der Waals surface area contributed by atoms with Crippen LogP contribution >= 0.6 is 0 Å². The Morgan fingerprint density at radius 1 is 1.20 bits per heavy atom. The molecule has 0 aromatic carbocycles. The summed E-state index contributed by atoms with van der Waals surface area (Å²) in [5.74, 6) is -1.89. The molecule has 15 heavy (non-hydrogen) atoms. The molecule has 0 aromatic rings. The average Bonchev–Trinajstić information content (AvgIpc) is 2.15. The monoisotopic (exact) mass is 212 g/mol. The van der Waals surface area contributed by atoms with Crippen LogP contribution in [-0.4, -0.2) is 23.5 Å². The lowest BCUT2D eigenvalue weighted by atomic mass is 10.4. The average molecular weight is 212 g/mol. The van der Waals surface area contributed by atoms with Crippen molar-refractivity contribution in [3.05, 3.63) is 0 Å². The van der Waals surface area contributed by atoms with E-state index >= 15 is 0 Å². The fourth-order valence-electron chi connectivity index (χ4n) is 0.391. The summed E-state index contributed by atoms with van der Waals surface area (Å²) in [7, 11) is 0. The summed E-state index contributed by atoms with van der Waals surface area (Å²) in [6.45, 7) is 2.20. The predicted octanol–water partition coefficient (Wildman–Crippen LogP) is -0.736. The first-order chi connectivity index (χ1) is 6.97. The highest BCUT2D eigenvalue weighted by molar-refractivity contribution is 6.46. The van der Waals surface area contributed by atoms with Crippen molar-refractivity contribution in [1.29, 1.82) is 5.26 Å². The van der Waals surface area contributed by atoms with Crippen LogP contribution in [0.5, 0.6) is 0 Å². The number of carbonyl (C=O) groups excluding carboxylic acids is 2. The molecular formula is C7H8N4O4. The number of nitriles is 1. The smallest absolute Gasteiger partial charge is 0.332 e. The molecule has 0 saturated heterocycles. The maximum atomic E-state index is 10.3. The largest absolute Gasteiger partial charge is 0.378 e. The molecule has 0 heterocycles. The van der Waals surface area contributed by atoms with Crippen molar-refractivity contribution >= 4 is 23.5 Å². The Labute approximate surface area is 84.9 Å². The van der Waals surface area contributed by atoms with Gasteiger partial charge in [-0.1, -0.05) is 10.3 Å². The van der Waals surface area contributed by atoms with Gasteiger partial charge in [0.25, 0.3) is 0 Å². The Kier molecular flexibility index (Phi) is 5.10. The molecule has 2 N–H and O–H groups in total. The lowest BCUT2D eigenvalue weighted by molar-refractivity contribution is -0.142. The lowest BCUT2D eigenvalue weighted by Crippen LogP contribution is -2.24. The van der Waals surface area contributed by atoms with E-state index in [2.05, 4.69) is 20.0 Å². The van der Waals surface area contributed by atoms with Gasteiger partial charge in [-0.3, -0.25) is 0 Å². The minimum Gasteiger partial charge on any atom is -0.378 e. The Balaban J connectivity index is 4.61. The van der Waals surface area contributed by atoms with Crippen LogP contribution in [0.2, 0.25) is 0 Å². The minimum atomic E-state index is -0.719. The molecule has 0 atom stereocenters. The number of hydrogen-bond donors (Lipinski definition) is 1. The Morgan fingerprint density at radius 3 is 2.07 bits per heavy atom. The van der Waals surface area contributed by atoms with E-state index in [1.165, 1.54) is 6.07 Å². The summed E-state index contributed by atoms with van der Waals surface area (Å²) in [5.41, 5.74) is 4.72. The summed E-state index contributed by atoms with van der Waals surface area (Å²) in [5, 5.41) is 14.7. The second-order valence-corrected chi connectivity index (χ2v) is 2.19. The van der Waals surface area contributed by atoms with Crippen molar-refractivity contribution in [3.8, 4) is 6.07 Å². The van der Waals surface area contributed by atoms with E-state index in [-0.39, 0.29) is 0 Å². The molecule has 0 radical (unpaired) electrons. The number of rotatable bonds is 3. The Morgan fingerprint density at radius 2 is 1.67 bits per heavy atom. The Bertz CT molecular complexity index is 366. The van der Waals surface area contributed by atoms with Crippen molar-refractivity contribution in [2.24, 2.45) is 16.0 Å². The van der Waals surface area contributed by atoms with Crippen LogP contribution in [-0.2, 0) is 19.3 Å². The molecule has 0 aliphatic rings. The number of carbonyl (C=O) groups is 2. The van der Waals surface area contributed by atoms with Gasteiger partial charge in [-0.25, -0.2) is 9.59 Å². The molecule has 0 aliphatic heterocycles. The van der Waals surface area contributed by atoms with Crippen molar-refractivity contribution in [2.45, 2.75) is 13.8 Å². The highest BCUT2D eigenvalue weighted by atomic mass is 16.7. The second kappa shape index (κ2) is 6.09. The number of oxime groups is 2. The fourth-order valence-corrected chi connectivity index (χ4v) is 0.391. The molecule has 0 fully saturated rings. The fraction of sp³-hybridized carbons (Fsp3) is 0.286. The topological polar surface area (TPSA) is 127 Å². The molecule has 8 heteroatoms. The van der Waals surface area contributed by atoms with Crippen molar-refractivity contribution in [3.63, 3.8) is 0 Å². The zero-order chi connectivity index (χ0) is 11.8. The van der Waals surface area contributed by atoms with Gasteiger partial charge in [-0.2, -0.15) is 5.26 Å². The number of nitrogens with two attached hydrogens (primary N) is 1. The van der Waals surface area contributed by atoms with E-state index in [0.717, 1.165) is 13.8 Å². The summed E-state index contributed by atoms with van der Waals surface area (Å²) in [6.07, 6.45) is 0. The van der Waals surface area contributed by atoms with E-state index in [1.54, 1.807) is 0 Å². The summed E-state index contributed by atoms with van der Waals surface area (Å²) < 4.78 is 0. The maximum Gasteiger partial charge on any atom is 0.332 e. The number of amidine groups is 1. The third-order valence-electron chi connectivity index (χ3n) is 0.887. The molecule has 0 spiro atoms. The first kappa shape index (κ1) is 12.6. The molecule has 8 nitrogen and oxygen atoms in total. The van der Waals surface area contributed by atoms with Gasteiger partial charge in [-0.05, 0) is 0 Å². The van der Waals surface area contributed by atoms with Gasteiger partial charge in [0.05, 0.1) is 0 Å². The summed E-state index contributed by atoms with van der Waals surface area (Å²) in [4.78, 5) is 29.0. The van der Waals surface area contributed by atoms with Crippen LogP contribution in [0.1, 0.15) is 13.8 Å². The van der Waals surface area contributed by atoms with Gasteiger partial charge in [0, 0.05) is 13.8 Å². The molecule has 0 aliphatic carbocycles. The van der Waals surface area contributed by atoms with Crippen LogP contribution in [0, 0.1) is 11.3 Å². The third-order valence-corrected chi connectivity index (χ3v) is 0.887. The van der Waals surface area contributed by atoms with E-state index in [4.69, 9.17) is 11.0 Å². The molecule has 0 bridgehead atoms. The first-order valence-electron chi connectivity index (χ1n) is 3.64. The van der Waals surface area contributed by atoms with E-state index in [0.29, 0.717) is 0 Å². The lowest BCUT2D eigenvalue weighted by Gasteiger charge is -1.95. The molecule has 0 amide bonds. The zero-order valence-corrected chi connectivity index (χ0v) is 8.05. The van der Waals surface area contributed by atoms with Crippen LogP contribution < -0.4 is 5.73 Å². The van der Waals surface area contributed by atoms with E-state index < -0.39 is 23.5 Å². The van der Waals surface area contributed by atoms with E-state index in [9.17, 15) is 9.59 Å². The highest BCUT2D eigenvalue weighted by Gasteiger charge is 2.07. The molecule has 0 unspecified atom stereocenters. The third kappa shape index (κ3) is 5.75. The normalized spacial score (nSPS) is 11.5. The van der Waals surface area contributed by atoms with Gasteiger partial charge >= 0.3 is 11.9 Å². The van der Waals surface area contributed by atoms with Gasteiger partial charge < -0.3 is 15.4 Å². The quantitative estimate of drug-likeness (QED) is 0.284.